The number of nitrogens with one attached hydrogen (secondary N) is 1. The Hall–Kier alpha value is -3.25. The van der Waals surface area contributed by atoms with Crippen molar-refractivity contribution in [2.24, 2.45) is 0 Å². The van der Waals surface area contributed by atoms with Gasteiger partial charge in [0.25, 0.3) is 5.91 Å². The van der Waals surface area contributed by atoms with Gasteiger partial charge in [0.1, 0.15) is 16.9 Å². The van der Waals surface area contributed by atoms with Crippen LogP contribution >= 0.6 is 11.3 Å². The predicted octanol–water partition coefficient (Wildman–Crippen LogP) is 4.26. The highest BCUT2D eigenvalue weighted by Gasteiger charge is 2.22. The molecule has 2 aromatic heterocycles. The molecule has 0 saturated heterocycles. The van der Waals surface area contributed by atoms with E-state index in [1.165, 1.54) is 34.3 Å². The zero-order chi connectivity index (χ0) is 20.4. The fraction of sp³-hybridized carbons (Fsp3) is 0.250. The lowest BCUT2D eigenvalue weighted by atomic mass is 9.96. The Bertz CT molecular complexity index is 1120. The van der Waals surface area contributed by atoms with Gasteiger partial charge in [0.15, 0.2) is 24.0 Å². The van der Waals surface area contributed by atoms with Crippen molar-refractivity contribution in [3.8, 4) is 11.8 Å². The number of thiophene rings is 1. The summed E-state index contributed by atoms with van der Waals surface area (Å²) in [5, 5.41) is 16.9. The molecular formula is C20H16F2N4O2S. The minimum absolute atomic E-state index is 0.115. The number of rotatable bonds is 5. The number of carbonyl (C=O) groups is 1. The largest absolute Gasteiger partial charge is 0.468 e. The second kappa shape index (κ2) is 8.01. The van der Waals surface area contributed by atoms with Crippen LogP contribution < -0.4 is 10.1 Å². The maximum Gasteiger partial charge on any atom is 0.276 e. The summed E-state index contributed by atoms with van der Waals surface area (Å²) in [4.78, 5) is 13.7. The van der Waals surface area contributed by atoms with E-state index in [0.717, 1.165) is 48.3 Å². The molecule has 29 heavy (non-hydrogen) atoms. The molecule has 1 N–H and O–H groups in total. The molecule has 9 heteroatoms. The summed E-state index contributed by atoms with van der Waals surface area (Å²) >= 11 is 1.44. The van der Waals surface area contributed by atoms with Gasteiger partial charge in [0.05, 0.1) is 5.56 Å². The summed E-state index contributed by atoms with van der Waals surface area (Å²) < 4.78 is 33.1. The third kappa shape index (κ3) is 3.98. The highest BCUT2D eigenvalue weighted by atomic mass is 32.1. The summed E-state index contributed by atoms with van der Waals surface area (Å²) in [5.74, 6) is -2.07. The summed E-state index contributed by atoms with van der Waals surface area (Å²) in [6.45, 7) is -0.146. The van der Waals surface area contributed by atoms with Crippen molar-refractivity contribution in [1.29, 1.82) is 5.26 Å². The maximum atomic E-state index is 13.6. The molecule has 6 nitrogen and oxygen atoms in total. The van der Waals surface area contributed by atoms with Crippen LogP contribution in [-0.4, -0.2) is 15.7 Å². The number of benzene rings is 1. The number of nitrogens with zero attached hydrogens (tertiary/aromatic N) is 3. The maximum absolute atomic E-state index is 13.6. The van der Waals surface area contributed by atoms with E-state index in [2.05, 4.69) is 16.5 Å². The smallest absolute Gasteiger partial charge is 0.276 e. The average Bonchev–Trinajstić information content (AvgIpc) is 3.31. The Kier molecular flexibility index (Phi) is 5.27. The minimum atomic E-state index is -0.819. The summed E-state index contributed by atoms with van der Waals surface area (Å²) in [6, 6.07) is 6.70. The highest BCUT2D eigenvalue weighted by Crippen LogP contribution is 2.37. The lowest BCUT2D eigenvalue weighted by molar-refractivity contribution is 0.102. The van der Waals surface area contributed by atoms with E-state index in [9.17, 15) is 18.8 Å². The number of fused-ring (bicyclic) bond motifs is 1. The van der Waals surface area contributed by atoms with Crippen molar-refractivity contribution in [2.75, 3.05) is 5.32 Å². The van der Waals surface area contributed by atoms with Crippen LogP contribution in [0.15, 0.2) is 30.5 Å². The number of halogens is 2. The van der Waals surface area contributed by atoms with Crippen molar-refractivity contribution >= 4 is 22.2 Å². The Morgan fingerprint density at radius 3 is 2.93 bits per heavy atom. The van der Waals surface area contributed by atoms with Crippen LogP contribution in [0.1, 0.15) is 39.3 Å². The Labute approximate surface area is 169 Å². The average molecular weight is 414 g/mol. The number of nitriles is 1. The molecule has 1 aliphatic carbocycles. The zero-order valence-corrected chi connectivity index (χ0v) is 16.1. The summed E-state index contributed by atoms with van der Waals surface area (Å²) in [7, 11) is 0. The van der Waals surface area contributed by atoms with Gasteiger partial charge in [-0.1, -0.05) is 0 Å². The minimum Gasteiger partial charge on any atom is -0.468 e. The molecule has 0 atom stereocenters. The molecule has 0 spiro atoms. The van der Waals surface area contributed by atoms with Crippen LogP contribution in [0.4, 0.5) is 13.8 Å². The Morgan fingerprint density at radius 1 is 1.31 bits per heavy atom. The van der Waals surface area contributed by atoms with Gasteiger partial charge in [-0.05, 0) is 49.4 Å². The van der Waals surface area contributed by atoms with Crippen molar-refractivity contribution in [3.05, 3.63) is 63.8 Å². The molecule has 0 unspecified atom stereocenters. The molecule has 1 amide bonds. The van der Waals surface area contributed by atoms with Crippen LogP contribution in [0.2, 0.25) is 0 Å². The van der Waals surface area contributed by atoms with Gasteiger partial charge in [0.2, 0.25) is 0 Å². The van der Waals surface area contributed by atoms with Gasteiger partial charge in [-0.25, -0.2) is 13.5 Å². The third-order valence-electron chi connectivity index (χ3n) is 4.63. The number of aryl methyl sites for hydroxylation is 1. The number of anilines is 1. The van der Waals surface area contributed by atoms with Gasteiger partial charge in [-0.2, -0.15) is 10.4 Å². The molecular weight excluding hydrogens is 398 g/mol. The van der Waals surface area contributed by atoms with Crippen LogP contribution in [0.3, 0.4) is 0 Å². The van der Waals surface area contributed by atoms with E-state index in [-0.39, 0.29) is 18.2 Å². The molecule has 0 bridgehead atoms. The first-order chi connectivity index (χ1) is 14.0. The first kappa shape index (κ1) is 19.1. The number of ether oxygens (including phenoxy) is 1. The first-order valence-electron chi connectivity index (χ1n) is 9.02. The number of aromatic nitrogens is 2. The standard InChI is InChI=1S/C20H16F2N4O2S/c21-12-5-6-17(15(22)9-12)28-11-26-8-7-16(25-26)19(27)24-20-14(10-23)13-3-1-2-4-18(13)29-20/h5-9H,1-4,11H2,(H,24,27). The molecule has 1 aromatic carbocycles. The van der Waals surface area contributed by atoms with Crippen molar-refractivity contribution < 1.29 is 18.3 Å². The second-order valence-corrected chi connectivity index (χ2v) is 7.67. The number of amides is 1. The van der Waals surface area contributed by atoms with Gasteiger partial charge < -0.3 is 10.1 Å². The lowest BCUT2D eigenvalue weighted by Gasteiger charge is -2.09. The lowest BCUT2D eigenvalue weighted by Crippen LogP contribution is -2.14. The molecule has 4 rings (SSSR count). The van der Waals surface area contributed by atoms with E-state index in [1.54, 1.807) is 0 Å². The monoisotopic (exact) mass is 414 g/mol. The topological polar surface area (TPSA) is 79.9 Å². The van der Waals surface area contributed by atoms with Crippen LogP contribution in [0.5, 0.6) is 5.75 Å². The third-order valence-corrected chi connectivity index (χ3v) is 5.84. The van der Waals surface area contributed by atoms with Crippen molar-refractivity contribution in [1.82, 2.24) is 9.78 Å². The van der Waals surface area contributed by atoms with Gasteiger partial charge in [0, 0.05) is 17.1 Å². The number of carbonyl (C=O) groups excluding carboxylic acids is 1. The molecule has 148 valence electrons. The second-order valence-electron chi connectivity index (χ2n) is 6.57. The fourth-order valence-corrected chi connectivity index (χ4v) is 4.46. The summed E-state index contributed by atoms with van der Waals surface area (Å²) in [6.07, 6.45) is 5.43. The van der Waals surface area contributed by atoms with Gasteiger partial charge in [-0.3, -0.25) is 4.79 Å². The molecule has 2 heterocycles. The molecule has 3 aromatic rings. The quantitative estimate of drug-likeness (QED) is 0.676. The number of hydrogen-bond acceptors (Lipinski definition) is 5. The van der Waals surface area contributed by atoms with Crippen molar-refractivity contribution in [2.45, 2.75) is 32.4 Å². The Balaban J connectivity index is 1.44. The zero-order valence-electron chi connectivity index (χ0n) is 15.2. The Morgan fingerprint density at radius 2 is 2.14 bits per heavy atom. The van der Waals surface area contributed by atoms with E-state index in [4.69, 9.17) is 4.74 Å². The van der Waals surface area contributed by atoms with E-state index in [0.29, 0.717) is 10.6 Å². The van der Waals surface area contributed by atoms with E-state index in [1.807, 2.05) is 0 Å². The first-order valence-corrected chi connectivity index (χ1v) is 9.84. The van der Waals surface area contributed by atoms with E-state index >= 15 is 0 Å². The predicted molar refractivity (Wildman–Crippen MR) is 103 cm³/mol. The van der Waals surface area contributed by atoms with Crippen LogP contribution in [-0.2, 0) is 19.6 Å². The molecule has 0 saturated carbocycles. The fourth-order valence-electron chi connectivity index (χ4n) is 3.22. The SMILES string of the molecule is N#Cc1c(NC(=O)c2ccn(COc3ccc(F)cc3F)n2)sc2c1CCCC2. The van der Waals surface area contributed by atoms with Crippen molar-refractivity contribution in [3.63, 3.8) is 0 Å². The molecule has 1 aliphatic rings. The number of hydrogen-bond donors (Lipinski definition) is 1. The van der Waals surface area contributed by atoms with Gasteiger partial charge in [-0.15, -0.1) is 11.3 Å². The normalized spacial score (nSPS) is 12.9. The van der Waals surface area contributed by atoms with Crippen LogP contribution in [0.25, 0.3) is 0 Å². The summed E-state index contributed by atoms with van der Waals surface area (Å²) in [5.41, 5.74) is 1.72. The van der Waals surface area contributed by atoms with Gasteiger partial charge >= 0.3 is 0 Å². The van der Waals surface area contributed by atoms with E-state index < -0.39 is 17.5 Å². The molecule has 0 fully saturated rings. The molecule has 0 radical (unpaired) electrons. The molecule has 0 aliphatic heterocycles. The van der Waals surface area contributed by atoms with Crippen LogP contribution in [0, 0.1) is 23.0 Å². The highest BCUT2D eigenvalue weighted by molar-refractivity contribution is 7.16.